The lowest BCUT2D eigenvalue weighted by Gasteiger charge is -2.06. The van der Waals surface area contributed by atoms with Crippen molar-refractivity contribution in [1.82, 2.24) is 4.98 Å². The average Bonchev–Trinajstić information content (AvgIpc) is 3.15. The summed E-state index contributed by atoms with van der Waals surface area (Å²) in [5.74, 6) is 0.141. The van der Waals surface area contributed by atoms with Crippen molar-refractivity contribution >= 4 is 28.2 Å². The molecule has 1 amide bonds. The number of aryl methyl sites for hydroxylation is 1. The van der Waals surface area contributed by atoms with Gasteiger partial charge >= 0.3 is 5.63 Å². The number of aromatic nitrogens is 1. The fraction of sp³-hybridized carbons (Fsp3) is 0.0952. The zero-order valence-electron chi connectivity index (χ0n) is 15.0. The van der Waals surface area contributed by atoms with Gasteiger partial charge in [-0.25, -0.2) is 9.78 Å². The predicted octanol–water partition coefficient (Wildman–Crippen LogP) is 3.90. The Hall–Kier alpha value is -3.45. The van der Waals surface area contributed by atoms with Crippen LogP contribution in [0.4, 0.5) is 0 Å². The molecule has 2 aromatic carbocycles. The van der Waals surface area contributed by atoms with Gasteiger partial charge in [0.25, 0.3) is 0 Å². The second kappa shape index (κ2) is 7.28. The Morgan fingerprint density at radius 1 is 1.18 bits per heavy atom. The molecule has 0 aliphatic carbocycles. The predicted molar refractivity (Wildman–Crippen MR) is 108 cm³/mol. The van der Waals surface area contributed by atoms with E-state index in [2.05, 4.69) is 4.98 Å². The topological polar surface area (TPSA) is 95.4 Å². The van der Waals surface area contributed by atoms with Crippen LogP contribution in [0.25, 0.3) is 21.5 Å². The van der Waals surface area contributed by atoms with Gasteiger partial charge in [0.1, 0.15) is 22.9 Å². The van der Waals surface area contributed by atoms with Gasteiger partial charge in [0, 0.05) is 34.0 Å². The maximum atomic E-state index is 11.5. The lowest BCUT2D eigenvalue weighted by molar-refractivity contribution is 0.100. The van der Waals surface area contributed by atoms with Gasteiger partial charge in [-0.05, 0) is 36.8 Å². The van der Waals surface area contributed by atoms with E-state index in [1.165, 1.54) is 17.4 Å². The van der Waals surface area contributed by atoms with Crippen molar-refractivity contribution in [3.63, 3.8) is 0 Å². The first-order valence-electron chi connectivity index (χ1n) is 8.51. The van der Waals surface area contributed by atoms with Crippen molar-refractivity contribution in [2.75, 3.05) is 0 Å². The Morgan fingerprint density at radius 2 is 1.96 bits per heavy atom. The van der Waals surface area contributed by atoms with E-state index in [0.717, 1.165) is 27.2 Å². The van der Waals surface area contributed by atoms with Crippen molar-refractivity contribution in [1.29, 1.82) is 0 Å². The molecule has 28 heavy (non-hydrogen) atoms. The Kier molecular flexibility index (Phi) is 4.67. The molecule has 0 aliphatic rings. The van der Waals surface area contributed by atoms with E-state index >= 15 is 0 Å². The number of carbonyl (C=O) groups excluding carboxylic acids is 1. The molecule has 0 aliphatic heterocycles. The molecule has 2 heterocycles. The van der Waals surface area contributed by atoms with E-state index in [4.69, 9.17) is 14.9 Å². The number of rotatable bonds is 5. The minimum Gasteiger partial charge on any atom is -0.487 e. The van der Waals surface area contributed by atoms with Crippen molar-refractivity contribution in [2.45, 2.75) is 13.5 Å². The lowest BCUT2D eigenvalue weighted by Crippen LogP contribution is -2.10. The molecule has 140 valence electrons. The number of primary amides is 1. The summed E-state index contributed by atoms with van der Waals surface area (Å²) < 4.78 is 11.0. The van der Waals surface area contributed by atoms with Crippen LogP contribution < -0.4 is 16.1 Å². The molecule has 0 fully saturated rings. The van der Waals surface area contributed by atoms with Crippen LogP contribution in [0.5, 0.6) is 5.75 Å². The third-order valence-electron chi connectivity index (χ3n) is 4.28. The summed E-state index contributed by atoms with van der Waals surface area (Å²) in [5.41, 5.74) is 8.39. The first-order valence-corrected chi connectivity index (χ1v) is 9.39. The first kappa shape index (κ1) is 17.9. The molecule has 0 saturated carbocycles. The number of hydrogen-bond acceptors (Lipinski definition) is 6. The van der Waals surface area contributed by atoms with Gasteiger partial charge in [0.2, 0.25) is 5.91 Å². The Labute approximate surface area is 164 Å². The number of nitrogens with two attached hydrogens (primary N) is 1. The van der Waals surface area contributed by atoms with E-state index in [0.29, 0.717) is 16.9 Å². The molecule has 4 rings (SSSR count). The molecule has 0 bridgehead atoms. The number of amides is 1. The highest BCUT2D eigenvalue weighted by atomic mass is 32.1. The van der Waals surface area contributed by atoms with Crippen LogP contribution in [-0.2, 0) is 6.61 Å². The van der Waals surface area contributed by atoms with Gasteiger partial charge in [0.05, 0.1) is 5.69 Å². The number of hydrogen-bond donors (Lipinski definition) is 1. The van der Waals surface area contributed by atoms with Crippen molar-refractivity contribution in [2.24, 2.45) is 5.73 Å². The lowest BCUT2D eigenvalue weighted by atomic mass is 10.1. The number of thiazole rings is 1. The van der Waals surface area contributed by atoms with Gasteiger partial charge in [-0.15, -0.1) is 11.3 Å². The molecule has 2 aromatic heterocycles. The van der Waals surface area contributed by atoms with E-state index in [1.54, 1.807) is 18.2 Å². The summed E-state index contributed by atoms with van der Waals surface area (Å²) >= 11 is 1.49. The van der Waals surface area contributed by atoms with Crippen molar-refractivity contribution in [3.8, 4) is 16.3 Å². The molecule has 0 radical (unpaired) electrons. The molecule has 0 atom stereocenters. The number of carbonyl (C=O) groups is 1. The van der Waals surface area contributed by atoms with Crippen LogP contribution in [0.15, 0.2) is 63.1 Å². The third kappa shape index (κ3) is 3.65. The smallest absolute Gasteiger partial charge is 0.336 e. The quantitative estimate of drug-likeness (QED) is 0.520. The fourth-order valence-corrected chi connectivity index (χ4v) is 3.65. The van der Waals surface area contributed by atoms with Crippen LogP contribution in [0, 0.1) is 6.92 Å². The highest BCUT2D eigenvalue weighted by molar-refractivity contribution is 7.13. The minimum absolute atomic E-state index is 0.289. The van der Waals surface area contributed by atoms with Gasteiger partial charge in [-0.2, -0.15) is 0 Å². The summed E-state index contributed by atoms with van der Waals surface area (Å²) in [5, 5.41) is 3.62. The Balaban J connectivity index is 1.49. The van der Waals surface area contributed by atoms with Crippen LogP contribution in [0.3, 0.4) is 0 Å². The zero-order chi connectivity index (χ0) is 19.7. The molecule has 0 saturated heterocycles. The Bertz CT molecular complexity index is 1230. The van der Waals surface area contributed by atoms with Gasteiger partial charge in [-0.1, -0.05) is 12.1 Å². The van der Waals surface area contributed by atoms with Gasteiger partial charge in [0.15, 0.2) is 0 Å². The van der Waals surface area contributed by atoms with Crippen LogP contribution >= 0.6 is 11.3 Å². The summed E-state index contributed by atoms with van der Waals surface area (Å²) in [7, 11) is 0. The fourth-order valence-electron chi connectivity index (χ4n) is 2.84. The maximum absolute atomic E-state index is 11.5. The SMILES string of the molecule is Cc1cc(=O)oc2cc(OCc3csc(-c4ccc(C(N)=O)cc4)n3)ccc12. The Morgan fingerprint density at radius 3 is 2.71 bits per heavy atom. The minimum atomic E-state index is -0.457. The molecule has 2 N–H and O–H groups in total. The molecule has 0 unspecified atom stereocenters. The number of fused-ring (bicyclic) bond motifs is 1. The van der Waals surface area contributed by atoms with E-state index in [1.807, 2.05) is 36.6 Å². The molecule has 4 aromatic rings. The van der Waals surface area contributed by atoms with Crippen molar-refractivity contribution in [3.05, 3.63) is 81.2 Å². The summed E-state index contributed by atoms with van der Waals surface area (Å²) in [6, 6.07) is 13.9. The number of ether oxygens (including phenoxy) is 1. The zero-order valence-corrected chi connectivity index (χ0v) is 15.8. The number of nitrogens with zero attached hydrogens (tertiary/aromatic N) is 1. The van der Waals surface area contributed by atoms with Crippen LogP contribution in [-0.4, -0.2) is 10.9 Å². The second-order valence-electron chi connectivity index (χ2n) is 6.28. The second-order valence-corrected chi connectivity index (χ2v) is 7.14. The van der Waals surface area contributed by atoms with E-state index < -0.39 is 5.91 Å². The third-order valence-corrected chi connectivity index (χ3v) is 5.22. The summed E-state index contributed by atoms with van der Waals surface area (Å²) in [4.78, 5) is 27.3. The van der Waals surface area contributed by atoms with E-state index in [-0.39, 0.29) is 12.2 Å². The molecule has 6 nitrogen and oxygen atoms in total. The normalized spacial score (nSPS) is 10.9. The highest BCUT2D eigenvalue weighted by Gasteiger charge is 2.08. The van der Waals surface area contributed by atoms with Crippen LogP contribution in [0.1, 0.15) is 21.6 Å². The summed E-state index contributed by atoms with van der Waals surface area (Å²) in [6.45, 7) is 2.16. The highest BCUT2D eigenvalue weighted by Crippen LogP contribution is 2.26. The van der Waals surface area contributed by atoms with Gasteiger partial charge in [-0.3, -0.25) is 4.79 Å². The van der Waals surface area contributed by atoms with Gasteiger partial charge < -0.3 is 14.9 Å². The number of benzene rings is 2. The largest absolute Gasteiger partial charge is 0.487 e. The molecule has 0 spiro atoms. The summed E-state index contributed by atoms with van der Waals surface area (Å²) in [6.07, 6.45) is 0. The monoisotopic (exact) mass is 392 g/mol. The molecule has 7 heteroatoms. The van der Waals surface area contributed by atoms with Crippen molar-refractivity contribution < 1.29 is 13.9 Å². The molecular formula is C21H16N2O4S. The average molecular weight is 392 g/mol. The maximum Gasteiger partial charge on any atom is 0.336 e. The first-order chi connectivity index (χ1) is 13.5. The van der Waals surface area contributed by atoms with E-state index in [9.17, 15) is 9.59 Å². The standard InChI is InChI=1S/C21H16N2O4S/c1-12-8-19(24)27-18-9-16(6-7-17(12)18)26-10-15-11-28-21(23-15)14-4-2-13(3-5-14)20(22)25/h2-9,11H,10H2,1H3,(H2,22,25). The molecular weight excluding hydrogens is 376 g/mol. The van der Waals surface area contributed by atoms with Crippen LogP contribution in [0.2, 0.25) is 0 Å².